The van der Waals surface area contributed by atoms with Gasteiger partial charge in [0.2, 0.25) is 0 Å². The first-order valence-corrected chi connectivity index (χ1v) is 6.40. The Labute approximate surface area is 114 Å². The number of nitrogens with zero attached hydrogens (tertiary/aromatic N) is 1. The standard InChI is InChI=1S/C14H14F3NO2/c15-14(16,17)12(19)10-4-6-11(7-5-10)13(20)18-8-2-1-3-9-18/h4-7H,1-3,8-9H2. The van der Waals surface area contributed by atoms with Crippen molar-refractivity contribution in [3.8, 4) is 0 Å². The fourth-order valence-corrected chi connectivity index (χ4v) is 2.21. The molecule has 1 fully saturated rings. The maximum Gasteiger partial charge on any atom is 0.454 e. The SMILES string of the molecule is O=C(c1ccc(C(=O)C(F)(F)F)cc1)N1CCCCC1. The van der Waals surface area contributed by atoms with Gasteiger partial charge in [0.25, 0.3) is 11.7 Å². The summed E-state index contributed by atoms with van der Waals surface area (Å²) in [6, 6.07) is 4.64. The first-order valence-electron chi connectivity index (χ1n) is 6.40. The van der Waals surface area contributed by atoms with Gasteiger partial charge in [0.05, 0.1) is 0 Å². The number of alkyl halides is 3. The number of rotatable bonds is 2. The minimum Gasteiger partial charge on any atom is -0.339 e. The van der Waals surface area contributed by atoms with Crippen molar-refractivity contribution in [1.29, 1.82) is 0 Å². The van der Waals surface area contributed by atoms with E-state index in [4.69, 9.17) is 0 Å². The highest BCUT2D eigenvalue weighted by atomic mass is 19.4. The summed E-state index contributed by atoms with van der Waals surface area (Å²) in [7, 11) is 0. The van der Waals surface area contributed by atoms with E-state index in [0.717, 1.165) is 31.4 Å². The summed E-state index contributed by atoms with van der Waals surface area (Å²) in [4.78, 5) is 24.8. The predicted molar refractivity (Wildman–Crippen MR) is 66.6 cm³/mol. The van der Waals surface area contributed by atoms with Crippen LogP contribution in [-0.4, -0.2) is 35.9 Å². The minimum absolute atomic E-state index is 0.198. The van der Waals surface area contributed by atoms with Gasteiger partial charge in [0, 0.05) is 24.2 Å². The summed E-state index contributed by atoms with van der Waals surface area (Å²) in [5.41, 5.74) is -0.140. The summed E-state index contributed by atoms with van der Waals surface area (Å²) in [5.74, 6) is -2.09. The second-order valence-corrected chi connectivity index (χ2v) is 4.76. The zero-order chi connectivity index (χ0) is 14.8. The van der Waals surface area contributed by atoms with Gasteiger partial charge in [-0.05, 0) is 31.4 Å². The largest absolute Gasteiger partial charge is 0.454 e. The zero-order valence-electron chi connectivity index (χ0n) is 10.7. The Balaban J connectivity index is 2.11. The van der Waals surface area contributed by atoms with Crippen LogP contribution in [-0.2, 0) is 0 Å². The molecule has 1 aliphatic rings. The number of likely N-dealkylation sites (tertiary alicyclic amines) is 1. The molecule has 1 heterocycles. The van der Waals surface area contributed by atoms with Crippen molar-refractivity contribution in [2.24, 2.45) is 0 Å². The van der Waals surface area contributed by atoms with Crippen LogP contribution in [0.1, 0.15) is 40.0 Å². The highest BCUT2D eigenvalue weighted by Crippen LogP contribution is 2.22. The van der Waals surface area contributed by atoms with Crippen molar-refractivity contribution in [2.75, 3.05) is 13.1 Å². The third kappa shape index (κ3) is 3.18. The van der Waals surface area contributed by atoms with E-state index in [1.165, 1.54) is 12.1 Å². The fourth-order valence-electron chi connectivity index (χ4n) is 2.21. The van der Waals surface area contributed by atoms with E-state index in [2.05, 4.69) is 0 Å². The van der Waals surface area contributed by atoms with Gasteiger partial charge in [-0.2, -0.15) is 13.2 Å². The Hall–Kier alpha value is -1.85. The smallest absolute Gasteiger partial charge is 0.339 e. The normalized spacial score (nSPS) is 16.1. The lowest BCUT2D eigenvalue weighted by Gasteiger charge is -2.26. The number of amides is 1. The molecule has 1 amide bonds. The third-order valence-corrected chi connectivity index (χ3v) is 3.29. The van der Waals surface area contributed by atoms with Crippen LogP contribution in [0, 0.1) is 0 Å². The van der Waals surface area contributed by atoms with E-state index in [1.807, 2.05) is 0 Å². The molecule has 20 heavy (non-hydrogen) atoms. The molecule has 0 N–H and O–H groups in total. The number of ketones is 1. The third-order valence-electron chi connectivity index (χ3n) is 3.29. The number of halogens is 3. The Morgan fingerprint density at radius 3 is 1.90 bits per heavy atom. The van der Waals surface area contributed by atoms with Crippen molar-refractivity contribution >= 4 is 11.7 Å². The molecule has 1 saturated heterocycles. The van der Waals surface area contributed by atoms with E-state index in [0.29, 0.717) is 18.7 Å². The summed E-state index contributed by atoms with van der Waals surface area (Å²) >= 11 is 0. The van der Waals surface area contributed by atoms with Crippen LogP contribution in [0.4, 0.5) is 13.2 Å². The van der Waals surface area contributed by atoms with Gasteiger partial charge in [-0.25, -0.2) is 0 Å². The molecule has 3 nitrogen and oxygen atoms in total. The quantitative estimate of drug-likeness (QED) is 0.783. The van der Waals surface area contributed by atoms with Crippen molar-refractivity contribution < 1.29 is 22.8 Å². The van der Waals surface area contributed by atoms with Crippen LogP contribution in [0.25, 0.3) is 0 Å². The predicted octanol–water partition coefficient (Wildman–Crippen LogP) is 3.06. The number of piperidine rings is 1. The number of benzene rings is 1. The number of hydrogen-bond acceptors (Lipinski definition) is 2. The van der Waals surface area contributed by atoms with E-state index >= 15 is 0 Å². The lowest BCUT2D eigenvalue weighted by Crippen LogP contribution is -2.35. The summed E-state index contributed by atoms with van der Waals surface area (Å²) in [6.07, 6.45) is -1.92. The molecule has 0 radical (unpaired) electrons. The molecule has 108 valence electrons. The number of Topliss-reactive ketones (excluding diaryl/α,β-unsaturated/α-hetero) is 1. The Bertz CT molecular complexity index is 502. The molecule has 1 aromatic carbocycles. The minimum atomic E-state index is -4.89. The first kappa shape index (κ1) is 14.6. The zero-order valence-corrected chi connectivity index (χ0v) is 10.7. The van der Waals surface area contributed by atoms with Crippen molar-refractivity contribution in [3.63, 3.8) is 0 Å². The van der Waals surface area contributed by atoms with E-state index in [1.54, 1.807) is 4.90 Å². The second kappa shape index (κ2) is 5.64. The van der Waals surface area contributed by atoms with Gasteiger partial charge in [0.1, 0.15) is 0 Å². The van der Waals surface area contributed by atoms with Crippen LogP contribution >= 0.6 is 0 Å². The maximum absolute atomic E-state index is 12.3. The van der Waals surface area contributed by atoms with Crippen LogP contribution in [0.2, 0.25) is 0 Å². The molecule has 1 aromatic rings. The lowest BCUT2D eigenvalue weighted by atomic mass is 10.1. The molecular weight excluding hydrogens is 271 g/mol. The monoisotopic (exact) mass is 285 g/mol. The average Bonchev–Trinajstić information content (AvgIpc) is 2.46. The molecule has 0 aromatic heterocycles. The molecule has 0 unspecified atom stereocenters. The van der Waals surface area contributed by atoms with Crippen LogP contribution < -0.4 is 0 Å². The summed E-state index contributed by atoms with van der Waals surface area (Å²) in [5, 5.41) is 0. The van der Waals surface area contributed by atoms with Gasteiger partial charge < -0.3 is 4.90 Å². The molecule has 6 heteroatoms. The molecular formula is C14H14F3NO2. The Kier molecular flexibility index (Phi) is 4.11. The molecule has 0 atom stereocenters. The molecule has 2 rings (SSSR count). The van der Waals surface area contributed by atoms with Gasteiger partial charge >= 0.3 is 6.18 Å². The van der Waals surface area contributed by atoms with Crippen molar-refractivity contribution in [3.05, 3.63) is 35.4 Å². The number of hydrogen-bond donors (Lipinski definition) is 0. The lowest BCUT2D eigenvalue weighted by molar-refractivity contribution is -0.0885. The van der Waals surface area contributed by atoms with Crippen molar-refractivity contribution in [1.82, 2.24) is 4.90 Å². The van der Waals surface area contributed by atoms with Gasteiger partial charge in [0.15, 0.2) is 0 Å². The van der Waals surface area contributed by atoms with Crippen LogP contribution in [0.15, 0.2) is 24.3 Å². The van der Waals surface area contributed by atoms with Gasteiger partial charge in [-0.15, -0.1) is 0 Å². The van der Waals surface area contributed by atoms with Gasteiger partial charge in [-0.3, -0.25) is 9.59 Å². The molecule has 0 aliphatic carbocycles. The summed E-state index contributed by atoms with van der Waals surface area (Å²) < 4.78 is 36.8. The first-order chi connectivity index (χ1) is 9.39. The average molecular weight is 285 g/mol. The molecule has 0 saturated carbocycles. The maximum atomic E-state index is 12.3. The fraction of sp³-hybridized carbons (Fsp3) is 0.429. The van der Waals surface area contributed by atoms with E-state index < -0.39 is 17.5 Å². The molecule has 0 spiro atoms. The molecule has 1 aliphatic heterocycles. The van der Waals surface area contributed by atoms with Crippen LogP contribution in [0.5, 0.6) is 0 Å². The topological polar surface area (TPSA) is 37.4 Å². The van der Waals surface area contributed by atoms with E-state index in [9.17, 15) is 22.8 Å². The van der Waals surface area contributed by atoms with E-state index in [-0.39, 0.29) is 5.91 Å². The number of carbonyl (C=O) groups is 2. The second-order valence-electron chi connectivity index (χ2n) is 4.76. The van der Waals surface area contributed by atoms with Crippen molar-refractivity contribution in [2.45, 2.75) is 25.4 Å². The van der Waals surface area contributed by atoms with Crippen LogP contribution in [0.3, 0.4) is 0 Å². The number of carbonyl (C=O) groups excluding carboxylic acids is 2. The van der Waals surface area contributed by atoms with Gasteiger partial charge in [-0.1, -0.05) is 12.1 Å². The highest BCUT2D eigenvalue weighted by molar-refractivity contribution is 6.01. The Morgan fingerprint density at radius 1 is 0.900 bits per heavy atom. The summed E-state index contributed by atoms with van der Waals surface area (Å²) in [6.45, 7) is 1.34. The highest BCUT2D eigenvalue weighted by Gasteiger charge is 2.39. The Morgan fingerprint density at radius 2 is 1.40 bits per heavy atom. The molecule has 0 bridgehead atoms.